The molecule has 1 atom stereocenters. The number of hydrogen-bond acceptors (Lipinski definition) is 3. The number of carbonyl (C=O) groups is 1. The van der Waals surface area contributed by atoms with Crippen LogP contribution in [0.1, 0.15) is 63.4 Å². The zero-order valence-corrected chi connectivity index (χ0v) is 16.2. The number of rotatable bonds is 6. The topological polar surface area (TPSA) is 41.6 Å². The van der Waals surface area contributed by atoms with Crippen molar-refractivity contribution in [2.24, 2.45) is 0 Å². The molecule has 1 aromatic carbocycles. The van der Waals surface area contributed by atoms with Gasteiger partial charge in [0.25, 0.3) is 0 Å². The summed E-state index contributed by atoms with van der Waals surface area (Å²) in [7, 11) is 1.67. The third kappa shape index (κ3) is 5.73. The Kier molecular flexibility index (Phi) is 7.36. The monoisotopic (exact) mass is 358 g/mol. The number of aryl methyl sites for hydroxylation is 1. The van der Waals surface area contributed by atoms with Gasteiger partial charge in [0.1, 0.15) is 5.75 Å². The van der Waals surface area contributed by atoms with Crippen molar-refractivity contribution in [3.63, 3.8) is 0 Å². The molecule has 1 aliphatic heterocycles. The zero-order valence-electron chi connectivity index (χ0n) is 16.2. The molecule has 4 heteroatoms. The van der Waals surface area contributed by atoms with Crippen LogP contribution in [0, 0.1) is 0 Å². The molecule has 1 heterocycles. The third-order valence-electron chi connectivity index (χ3n) is 5.96. The van der Waals surface area contributed by atoms with Gasteiger partial charge in [-0.2, -0.15) is 0 Å². The molecule has 26 heavy (non-hydrogen) atoms. The minimum Gasteiger partial charge on any atom is -0.497 e. The minimum atomic E-state index is 0.188. The number of hydrogen-bond donors (Lipinski definition) is 1. The standard InChI is InChI=1S/C22H34N2O2/c1-26-21-13-10-18(11-14-21)12-15-22(25)23-19-7-6-16-24(17-19)20-8-4-2-3-5-9-20/h10-11,13-14,19-20H,2-9,12,15-17H2,1H3,(H,23,25)/t19-/m1/s1. The van der Waals surface area contributed by atoms with Crippen LogP contribution in [0.2, 0.25) is 0 Å². The van der Waals surface area contributed by atoms with E-state index in [9.17, 15) is 4.79 Å². The van der Waals surface area contributed by atoms with Crippen molar-refractivity contribution in [3.8, 4) is 5.75 Å². The quantitative estimate of drug-likeness (QED) is 0.784. The highest BCUT2D eigenvalue weighted by Gasteiger charge is 2.27. The predicted octanol–water partition coefficient (Wildman–Crippen LogP) is 3.93. The Hall–Kier alpha value is -1.55. The molecule has 1 N–H and O–H groups in total. The zero-order chi connectivity index (χ0) is 18.2. The second kappa shape index (κ2) is 9.96. The lowest BCUT2D eigenvalue weighted by atomic mass is 9.99. The maximum atomic E-state index is 12.4. The minimum absolute atomic E-state index is 0.188. The van der Waals surface area contributed by atoms with E-state index in [-0.39, 0.29) is 5.91 Å². The van der Waals surface area contributed by atoms with Crippen LogP contribution in [0.25, 0.3) is 0 Å². The molecule has 1 amide bonds. The van der Waals surface area contributed by atoms with Gasteiger partial charge < -0.3 is 10.1 Å². The van der Waals surface area contributed by atoms with Crippen molar-refractivity contribution in [3.05, 3.63) is 29.8 Å². The Labute approximate surface area is 158 Å². The molecule has 0 radical (unpaired) electrons. The Morgan fingerprint density at radius 1 is 1.08 bits per heavy atom. The highest BCUT2D eigenvalue weighted by molar-refractivity contribution is 5.76. The van der Waals surface area contributed by atoms with E-state index in [1.54, 1.807) is 7.11 Å². The summed E-state index contributed by atoms with van der Waals surface area (Å²) in [4.78, 5) is 15.0. The normalized spacial score (nSPS) is 22.6. The smallest absolute Gasteiger partial charge is 0.220 e. The van der Waals surface area contributed by atoms with E-state index >= 15 is 0 Å². The number of nitrogens with one attached hydrogen (secondary N) is 1. The summed E-state index contributed by atoms with van der Waals surface area (Å²) < 4.78 is 5.18. The van der Waals surface area contributed by atoms with Crippen LogP contribution in [-0.4, -0.2) is 43.1 Å². The Morgan fingerprint density at radius 2 is 1.81 bits per heavy atom. The number of nitrogens with zero attached hydrogens (tertiary/aromatic N) is 1. The average Bonchev–Trinajstić information content (AvgIpc) is 2.96. The largest absolute Gasteiger partial charge is 0.497 e. The fraction of sp³-hybridized carbons (Fsp3) is 0.682. The van der Waals surface area contributed by atoms with E-state index in [4.69, 9.17) is 4.74 Å². The van der Waals surface area contributed by atoms with Gasteiger partial charge in [-0.1, -0.05) is 37.8 Å². The number of piperidine rings is 1. The first-order valence-corrected chi connectivity index (χ1v) is 10.4. The number of benzene rings is 1. The summed E-state index contributed by atoms with van der Waals surface area (Å²) in [6.07, 6.45) is 11.9. The van der Waals surface area contributed by atoms with Gasteiger partial charge in [-0.05, 0) is 56.3 Å². The molecule has 0 bridgehead atoms. The summed E-state index contributed by atoms with van der Waals surface area (Å²) in [5, 5.41) is 3.29. The van der Waals surface area contributed by atoms with Crippen molar-refractivity contribution in [1.29, 1.82) is 0 Å². The molecule has 0 aromatic heterocycles. The van der Waals surface area contributed by atoms with Gasteiger partial charge in [0.2, 0.25) is 5.91 Å². The molecule has 0 spiro atoms. The molecule has 1 aliphatic carbocycles. The van der Waals surface area contributed by atoms with Crippen LogP contribution in [-0.2, 0) is 11.2 Å². The molecular weight excluding hydrogens is 324 g/mol. The van der Waals surface area contributed by atoms with E-state index in [1.807, 2.05) is 24.3 Å². The van der Waals surface area contributed by atoms with Gasteiger partial charge in [0, 0.05) is 25.0 Å². The molecule has 2 aliphatic rings. The highest BCUT2D eigenvalue weighted by atomic mass is 16.5. The van der Waals surface area contributed by atoms with Crippen LogP contribution >= 0.6 is 0 Å². The molecule has 3 rings (SSSR count). The summed E-state index contributed by atoms with van der Waals surface area (Å²) in [6, 6.07) is 9.07. The Balaban J connectivity index is 1.42. The average molecular weight is 359 g/mol. The molecule has 144 valence electrons. The van der Waals surface area contributed by atoms with Crippen molar-refractivity contribution in [1.82, 2.24) is 10.2 Å². The Morgan fingerprint density at radius 3 is 2.50 bits per heavy atom. The lowest BCUT2D eigenvalue weighted by Crippen LogP contribution is -2.50. The van der Waals surface area contributed by atoms with E-state index in [0.717, 1.165) is 31.2 Å². The number of methoxy groups -OCH3 is 1. The first kappa shape index (κ1) is 19.2. The first-order valence-electron chi connectivity index (χ1n) is 10.4. The summed E-state index contributed by atoms with van der Waals surface area (Å²) >= 11 is 0. The van der Waals surface area contributed by atoms with Crippen molar-refractivity contribution >= 4 is 5.91 Å². The van der Waals surface area contributed by atoms with Gasteiger partial charge in [-0.25, -0.2) is 0 Å². The lowest BCUT2D eigenvalue weighted by Gasteiger charge is -2.38. The highest BCUT2D eigenvalue weighted by Crippen LogP contribution is 2.24. The summed E-state index contributed by atoms with van der Waals surface area (Å²) in [5.41, 5.74) is 1.18. The number of amides is 1. The van der Waals surface area contributed by atoms with Crippen molar-refractivity contribution < 1.29 is 9.53 Å². The Bertz CT molecular complexity index is 550. The fourth-order valence-corrected chi connectivity index (χ4v) is 4.43. The van der Waals surface area contributed by atoms with Crippen LogP contribution in [0.5, 0.6) is 5.75 Å². The van der Waals surface area contributed by atoms with Gasteiger partial charge in [0.15, 0.2) is 0 Å². The predicted molar refractivity (Wildman–Crippen MR) is 106 cm³/mol. The first-order chi connectivity index (χ1) is 12.7. The fourth-order valence-electron chi connectivity index (χ4n) is 4.43. The van der Waals surface area contributed by atoms with Crippen LogP contribution in [0.4, 0.5) is 0 Å². The molecule has 1 saturated carbocycles. The SMILES string of the molecule is COc1ccc(CCC(=O)N[C@@H]2CCCN(C3CCCCCC3)C2)cc1. The van der Waals surface area contributed by atoms with Gasteiger partial charge in [0.05, 0.1) is 7.11 Å². The van der Waals surface area contributed by atoms with Crippen LogP contribution < -0.4 is 10.1 Å². The van der Waals surface area contributed by atoms with Gasteiger partial charge >= 0.3 is 0 Å². The maximum Gasteiger partial charge on any atom is 0.220 e. The maximum absolute atomic E-state index is 12.4. The van der Waals surface area contributed by atoms with E-state index < -0.39 is 0 Å². The van der Waals surface area contributed by atoms with E-state index in [1.165, 1.54) is 57.1 Å². The molecule has 4 nitrogen and oxygen atoms in total. The molecule has 2 fully saturated rings. The van der Waals surface area contributed by atoms with Crippen LogP contribution in [0.3, 0.4) is 0 Å². The van der Waals surface area contributed by atoms with Crippen LogP contribution in [0.15, 0.2) is 24.3 Å². The number of likely N-dealkylation sites (tertiary alicyclic amines) is 1. The van der Waals surface area contributed by atoms with E-state index in [0.29, 0.717) is 12.5 Å². The molecule has 1 aromatic rings. The molecule has 1 saturated heterocycles. The molecule has 0 unspecified atom stereocenters. The van der Waals surface area contributed by atoms with Crippen molar-refractivity contribution in [2.75, 3.05) is 20.2 Å². The van der Waals surface area contributed by atoms with Gasteiger partial charge in [-0.3, -0.25) is 9.69 Å². The lowest BCUT2D eigenvalue weighted by molar-refractivity contribution is -0.122. The second-order valence-electron chi connectivity index (χ2n) is 7.90. The number of ether oxygens (including phenoxy) is 1. The summed E-state index contributed by atoms with van der Waals surface area (Å²) in [5.74, 6) is 1.05. The third-order valence-corrected chi connectivity index (χ3v) is 5.96. The number of carbonyl (C=O) groups excluding carboxylic acids is 1. The van der Waals surface area contributed by atoms with E-state index in [2.05, 4.69) is 10.2 Å². The molecular formula is C22H34N2O2. The van der Waals surface area contributed by atoms with Gasteiger partial charge in [-0.15, -0.1) is 0 Å². The second-order valence-corrected chi connectivity index (χ2v) is 7.90. The summed E-state index contributed by atoms with van der Waals surface area (Å²) in [6.45, 7) is 2.25. The van der Waals surface area contributed by atoms with Crippen molar-refractivity contribution in [2.45, 2.75) is 76.3 Å².